The first-order valence-electron chi connectivity index (χ1n) is 5.87. The average molecular weight is 281 g/mol. The van der Waals surface area contributed by atoms with E-state index in [0.29, 0.717) is 5.82 Å². The molecule has 1 aliphatic rings. The van der Waals surface area contributed by atoms with Crippen molar-refractivity contribution in [3.8, 4) is 0 Å². The van der Waals surface area contributed by atoms with E-state index in [1.54, 1.807) is 11.3 Å². The maximum absolute atomic E-state index is 5.81. The fourth-order valence-electron chi connectivity index (χ4n) is 2.11. The highest BCUT2D eigenvalue weighted by atomic mass is 32.1. The molecule has 0 atom stereocenters. The summed E-state index contributed by atoms with van der Waals surface area (Å²) in [5.74, 6) is 0.664. The number of nitrogens with two attached hydrogens (primary N) is 1. The largest absolute Gasteiger partial charge is 0.383 e. The summed E-state index contributed by atoms with van der Waals surface area (Å²) < 4.78 is 4.21. The smallest absolute Gasteiger partial charge is 0.185 e. The molecule has 0 radical (unpaired) electrons. The van der Waals surface area contributed by atoms with Crippen LogP contribution < -0.4 is 15.5 Å². The number of thiazole rings is 1. The molecular weight excluding hydrogens is 266 g/mol. The van der Waals surface area contributed by atoms with Crippen molar-refractivity contribution in [3.63, 3.8) is 0 Å². The normalized spacial score (nSPS) is 16.3. The van der Waals surface area contributed by atoms with Crippen LogP contribution in [0.5, 0.6) is 0 Å². The molecule has 0 unspecified atom stereocenters. The van der Waals surface area contributed by atoms with Crippen molar-refractivity contribution >= 4 is 38.8 Å². The molecule has 1 saturated heterocycles. The maximum Gasteiger partial charge on any atom is 0.185 e. The number of hydrogen-bond donors (Lipinski definition) is 1. The lowest BCUT2D eigenvalue weighted by Crippen LogP contribution is -2.46. The number of hydrogen-bond acceptors (Lipinski definition) is 7. The molecule has 18 heavy (non-hydrogen) atoms. The molecule has 2 aromatic rings. The molecule has 0 saturated carbocycles. The van der Waals surface area contributed by atoms with Crippen molar-refractivity contribution in [2.24, 2.45) is 0 Å². The first kappa shape index (κ1) is 11.7. The number of aromatic nitrogens is 2. The van der Waals surface area contributed by atoms with Gasteiger partial charge < -0.3 is 15.5 Å². The molecule has 2 aromatic heterocycles. The van der Waals surface area contributed by atoms with Gasteiger partial charge in [0.1, 0.15) is 10.8 Å². The van der Waals surface area contributed by atoms with Gasteiger partial charge in [0, 0.05) is 43.3 Å². The molecular formula is C11H15N5S2. The quantitative estimate of drug-likeness (QED) is 0.910. The van der Waals surface area contributed by atoms with E-state index >= 15 is 0 Å². The second-order valence-corrected chi connectivity index (χ2v) is 5.91. The van der Waals surface area contributed by atoms with E-state index in [4.69, 9.17) is 5.73 Å². The van der Waals surface area contributed by atoms with Gasteiger partial charge in [-0.1, -0.05) is 0 Å². The second kappa shape index (κ2) is 4.74. The Morgan fingerprint density at radius 3 is 2.50 bits per heavy atom. The lowest BCUT2D eigenvalue weighted by molar-refractivity contribution is 0.655. The van der Waals surface area contributed by atoms with Crippen LogP contribution in [-0.2, 0) is 0 Å². The predicted octanol–water partition coefficient (Wildman–Crippen LogP) is 1.82. The molecule has 7 heteroatoms. The van der Waals surface area contributed by atoms with E-state index in [-0.39, 0.29) is 0 Å². The highest BCUT2D eigenvalue weighted by molar-refractivity contribution is 7.13. The molecule has 5 nitrogen and oxygen atoms in total. The van der Waals surface area contributed by atoms with Crippen molar-refractivity contribution in [1.82, 2.24) is 9.36 Å². The Bertz CT molecular complexity index is 514. The van der Waals surface area contributed by atoms with Gasteiger partial charge in [-0.25, -0.2) is 4.98 Å². The van der Waals surface area contributed by atoms with Crippen LogP contribution in [0.3, 0.4) is 0 Å². The Labute approximate surface area is 114 Å². The minimum atomic E-state index is 0.664. The molecule has 0 spiro atoms. The number of nitrogen functional groups attached to an aromatic ring is 1. The summed E-state index contributed by atoms with van der Waals surface area (Å²) in [5, 5.41) is 4.36. The van der Waals surface area contributed by atoms with E-state index in [2.05, 4.69) is 19.2 Å². The molecule has 1 fully saturated rings. The highest BCUT2D eigenvalue weighted by Gasteiger charge is 2.22. The Kier molecular flexibility index (Phi) is 3.09. The Hall–Kier alpha value is -1.34. The van der Waals surface area contributed by atoms with E-state index in [9.17, 15) is 0 Å². The number of rotatable bonds is 2. The summed E-state index contributed by atoms with van der Waals surface area (Å²) in [6, 6.07) is 0. The number of nitrogens with zero attached hydrogens (tertiary/aromatic N) is 4. The summed E-state index contributed by atoms with van der Waals surface area (Å²) in [5.41, 5.74) is 6.92. The zero-order valence-electron chi connectivity index (χ0n) is 10.2. The molecule has 3 rings (SSSR count). The van der Waals surface area contributed by atoms with Crippen molar-refractivity contribution in [2.45, 2.75) is 6.92 Å². The molecule has 0 aliphatic carbocycles. The van der Waals surface area contributed by atoms with E-state index in [1.807, 2.05) is 18.5 Å². The summed E-state index contributed by atoms with van der Waals surface area (Å²) in [6.45, 7) is 6.06. The number of anilines is 3. The summed E-state index contributed by atoms with van der Waals surface area (Å²) in [4.78, 5) is 9.06. The van der Waals surface area contributed by atoms with Crippen LogP contribution in [0.1, 0.15) is 5.56 Å². The van der Waals surface area contributed by atoms with Gasteiger partial charge in [-0.2, -0.15) is 4.37 Å². The Balaban J connectivity index is 1.68. The minimum absolute atomic E-state index is 0.664. The van der Waals surface area contributed by atoms with Crippen LogP contribution in [0.15, 0.2) is 11.6 Å². The third kappa shape index (κ3) is 2.04. The van der Waals surface area contributed by atoms with Gasteiger partial charge in [-0.3, -0.25) is 0 Å². The van der Waals surface area contributed by atoms with Gasteiger partial charge in [-0.15, -0.1) is 11.3 Å². The van der Waals surface area contributed by atoms with Crippen molar-refractivity contribution in [3.05, 3.63) is 17.1 Å². The van der Waals surface area contributed by atoms with Gasteiger partial charge in [0.15, 0.2) is 5.13 Å². The molecule has 0 amide bonds. The third-order valence-corrected chi connectivity index (χ3v) is 5.05. The summed E-state index contributed by atoms with van der Waals surface area (Å²) in [6.07, 6.45) is 1.86. The minimum Gasteiger partial charge on any atom is -0.383 e. The first-order valence-corrected chi connectivity index (χ1v) is 7.52. The summed E-state index contributed by atoms with van der Waals surface area (Å²) >= 11 is 3.20. The van der Waals surface area contributed by atoms with Crippen LogP contribution in [0.25, 0.3) is 0 Å². The lowest BCUT2D eigenvalue weighted by atomic mass is 10.3. The van der Waals surface area contributed by atoms with Crippen molar-refractivity contribution < 1.29 is 0 Å². The van der Waals surface area contributed by atoms with E-state index in [0.717, 1.165) is 36.9 Å². The molecule has 96 valence electrons. The molecule has 0 bridgehead atoms. The second-order valence-electron chi connectivity index (χ2n) is 4.29. The SMILES string of the molecule is Cc1c(N)nsc1N1CCN(c2nccs2)CC1. The third-order valence-electron chi connectivity index (χ3n) is 3.19. The monoisotopic (exact) mass is 281 g/mol. The van der Waals surface area contributed by atoms with Crippen molar-refractivity contribution in [2.75, 3.05) is 41.7 Å². The summed E-state index contributed by atoms with van der Waals surface area (Å²) in [7, 11) is 0. The van der Waals surface area contributed by atoms with Gasteiger partial charge >= 0.3 is 0 Å². The fraction of sp³-hybridized carbons (Fsp3) is 0.455. The van der Waals surface area contributed by atoms with E-state index in [1.165, 1.54) is 16.5 Å². The van der Waals surface area contributed by atoms with Crippen LogP contribution in [0.4, 0.5) is 16.0 Å². The van der Waals surface area contributed by atoms with Gasteiger partial charge in [0.2, 0.25) is 0 Å². The lowest BCUT2D eigenvalue weighted by Gasteiger charge is -2.35. The van der Waals surface area contributed by atoms with Crippen LogP contribution in [0.2, 0.25) is 0 Å². The van der Waals surface area contributed by atoms with Gasteiger partial charge in [0.05, 0.1) is 0 Å². The van der Waals surface area contributed by atoms with Gasteiger partial charge in [-0.05, 0) is 18.5 Å². The Morgan fingerprint density at radius 2 is 1.94 bits per heavy atom. The molecule has 0 aromatic carbocycles. The zero-order chi connectivity index (χ0) is 12.5. The topological polar surface area (TPSA) is 58.3 Å². The molecule has 2 N–H and O–H groups in total. The maximum atomic E-state index is 5.81. The van der Waals surface area contributed by atoms with Crippen LogP contribution in [-0.4, -0.2) is 35.5 Å². The first-order chi connectivity index (χ1) is 8.75. The average Bonchev–Trinajstić information content (AvgIpc) is 3.02. The zero-order valence-corrected chi connectivity index (χ0v) is 11.8. The predicted molar refractivity (Wildman–Crippen MR) is 77.8 cm³/mol. The van der Waals surface area contributed by atoms with Crippen molar-refractivity contribution in [1.29, 1.82) is 0 Å². The van der Waals surface area contributed by atoms with Crippen LogP contribution in [0, 0.1) is 6.92 Å². The fourth-order valence-corrected chi connectivity index (χ4v) is 3.66. The van der Waals surface area contributed by atoms with Gasteiger partial charge in [0.25, 0.3) is 0 Å². The standard InChI is InChI=1S/C11H15N5S2/c1-8-9(12)14-18-10(8)15-3-5-16(6-4-15)11-13-2-7-17-11/h2,7H,3-6H2,1H3,(H2,12,14). The number of piperazine rings is 1. The Morgan fingerprint density at radius 1 is 1.22 bits per heavy atom. The van der Waals surface area contributed by atoms with E-state index < -0.39 is 0 Å². The molecule has 3 heterocycles. The van der Waals surface area contributed by atoms with Crippen LogP contribution >= 0.6 is 22.9 Å². The highest BCUT2D eigenvalue weighted by Crippen LogP contribution is 2.30. The molecule has 1 aliphatic heterocycles.